The van der Waals surface area contributed by atoms with Gasteiger partial charge in [-0.3, -0.25) is 0 Å². The Morgan fingerprint density at radius 2 is 1.15 bits per heavy atom. The van der Waals surface area contributed by atoms with Crippen LogP contribution in [0.3, 0.4) is 0 Å². The van der Waals surface area contributed by atoms with Gasteiger partial charge in [0.05, 0.1) is 0 Å². The number of anilines is 6. The maximum absolute atomic E-state index is 2.53. The van der Waals surface area contributed by atoms with Crippen LogP contribution < -0.4 is 26.2 Å². The third kappa shape index (κ3) is 3.64. The molecule has 0 aliphatic carbocycles. The van der Waals surface area contributed by atoms with E-state index in [0.717, 1.165) is 0 Å². The lowest BCUT2D eigenvalue weighted by molar-refractivity contribution is 0.591. The van der Waals surface area contributed by atoms with E-state index < -0.39 is 0 Å². The van der Waals surface area contributed by atoms with Crippen LogP contribution in [0.4, 0.5) is 34.1 Å². The minimum Gasteiger partial charge on any atom is -0.311 e. The highest BCUT2D eigenvalue weighted by atomic mass is 15.2. The van der Waals surface area contributed by atoms with E-state index in [0.29, 0.717) is 0 Å². The van der Waals surface area contributed by atoms with Crippen molar-refractivity contribution in [1.82, 2.24) is 0 Å². The summed E-state index contributed by atoms with van der Waals surface area (Å²) >= 11 is 0. The fraction of sp³-hybridized carbons (Fsp3) is 0.167. The van der Waals surface area contributed by atoms with Crippen LogP contribution >= 0.6 is 0 Å². The Kier molecular flexibility index (Phi) is 5.28. The zero-order valence-corrected chi connectivity index (χ0v) is 23.4. The predicted molar refractivity (Wildman–Crippen MR) is 169 cm³/mol. The summed E-state index contributed by atoms with van der Waals surface area (Å²) < 4.78 is 0. The van der Waals surface area contributed by atoms with Crippen LogP contribution in [0.1, 0.15) is 37.5 Å². The summed E-state index contributed by atoms with van der Waals surface area (Å²) in [4.78, 5) is 4.99. The van der Waals surface area contributed by atoms with Crippen LogP contribution in [0, 0.1) is 13.8 Å². The van der Waals surface area contributed by atoms with Crippen molar-refractivity contribution in [3.63, 3.8) is 0 Å². The highest BCUT2D eigenvalue weighted by molar-refractivity contribution is 7.00. The van der Waals surface area contributed by atoms with E-state index in [1.165, 1.54) is 67.2 Å². The Balaban J connectivity index is 1.64. The van der Waals surface area contributed by atoms with Crippen molar-refractivity contribution in [2.24, 2.45) is 0 Å². The van der Waals surface area contributed by atoms with Crippen LogP contribution in [-0.2, 0) is 5.41 Å². The largest absolute Gasteiger partial charge is 0.311 e. The normalized spacial score (nSPS) is 13.6. The smallest absolute Gasteiger partial charge is 0.252 e. The van der Waals surface area contributed by atoms with Gasteiger partial charge in [-0.15, -0.1) is 0 Å². The summed E-state index contributed by atoms with van der Waals surface area (Å²) in [5.41, 5.74) is 15.5. The molecule has 0 saturated carbocycles. The first kappa shape index (κ1) is 23.9. The molecule has 39 heavy (non-hydrogen) atoms. The number of para-hydroxylation sites is 2. The standard InChI is InChI=1S/C36H33BN2/c1-24-15-18-27(19-16-24)39-32-21-17-25(2)23-30(32)37-29-13-9-10-14-31(29)38(26-11-7-6-8-12-26)33-22-20-28(36(3,4)5)35(39)34(33)37/h6-23H,1-5H3. The summed E-state index contributed by atoms with van der Waals surface area (Å²) in [6, 6.07) is 40.5. The SMILES string of the molecule is Cc1ccc(N2c3ccc(C)cc3B3c4ccccc4N(c4ccccc4)c4ccc(C(C)(C)C)c2c43)cc1. The highest BCUT2D eigenvalue weighted by Crippen LogP contribution is 2.47. The number of hydrogen-bond acceptors (Lipinski definition) is 2. The minimum atomic E-state index is -0.0331. The molecule has 0 amide bonds. The van der Waals surface area contributed by atoms with Crippen molar-refractivity contribution >= 4 is 57.2 Å². The van der Waals surface area contributed by atoms with E-state index in [1.807, 2.05) is 0 Å². The van der Waals surface area contributed by atoms with Crippen molar-refractivity contribution in [3.05, 3.63) is 126 Å². The highest BCUT2D eigenvalue weighted by Gasteiger charge is 2.44. The summed E-state index contributed by atoms with van der Waals surface area (Å²) in [6.45, 7) is 11.5. The van der Waals surface area contributed by atoms with Gasteiger partial charge in [-0.05, 0) is 83.7 Å². The Labute approximate surface area is 232 Å². The van der Waals surface area contributed by atoms with Crippen LogP contribution in [0.2, 0.25) is 0 Å². The molecule has 0 aromatic heterocycles. The molecule has 5 aromatic rings. The van der Waals surface area contributed by atoms with Crippen molar-refractivity contribution in [2.45, 2.75) is 40.0 Å². The van der Waals surface area contributed by atoms with Crippen molar-refractivity contribution in [2.75, 3.05) is 9.80 Å². The molecule has 5 aromatic carbocycles. The molecule has 7 rings (SSSR count). The quantitative estimate of drug-likeness (QED) is 0.223. The summed E-state index contributed by atoms with van der Waals surface area (Å²) in [6.07, 6.45) is 0. The molecule has 0 bridgehead atoms. The first-order valence-corrected chi connectivity index (χ1v) is 13.9. The van der Waals surface area contributed by atoms with Gasteiger partial charge in [-0.25, -0.2) is 0 Å². The molecule has 190 valence electrons. The Morgan fingerprint density at radius 3 is 1.90 bits per heavy atom. The van der Waals surface area contributed by atoms with Gasteiger partial charge in [0.15, 0.2) is 0 Å². The van der Waals surface area contributed by atoms with Crippen molar-refractivity contribution in [1.29, 1.82) is 0 Å². The monoisotopic (exact) mass is 504 g/mol. The molecular formula is C36H33BN2. The average Bonchev–Trinajstić information content (AvgIpc) is 2.93. The lowest BCUT2D eigenvalue weighted by Gasteiger charge is -2.46. The molecule has 2 aliphatic heterocycles. The first-order chi connectivity index (χ1) is 18.8. The molecule has 2 heterocycles. The molecule has 0 fully saturated rings. The van der Waals surface area contributed by atoms with Gasteiger partial charge in [0, 0.05) is 34.1 Å². The van der Waals surface area contributed by atoms with E-state index in [9.17, 15) is 0 Å². The maximum atomic E-state index is 2.53. The van der Waals surface area contributed by atoms with E-state index in [1.54, 1.807) is 0 Å². The molecular weight excluding hydrogens is 471 g/mol. The molecule has 0 atom stereocenters. The molecule has 3 heteroatoms. The van der Waals surface area contributed by atoms with Crippen molar-refractivity contribution < 1.29 is 0 Å². The molecule has 0 unspecified atom stereocenters. The fourth-order valence-corrected chi connectivity index (χ4v) is 6.51. The van der Waals surface area contributed by atoms with Gasteiger partial charge >= 0.3 is 0 Å². The molecule has 2 aliphatic rings. The van der Waals surface area contributed by atoms with E-state index in [2.05, 4.69) is 154 Å². The van der Waals surface area contributed by atoms with Crippen LogP contribution in [-0.4, -0.2) is 6.71 Å². The number of aryl methyl sites for hydroxylation is 2. The zero-order chi connectivity index (χ0) is 26.9. The lowest BCUT2D eigenvalue weighted by atomic mass is 9.33. The first-order valence-electron chi connectivity index (χ1n) is 13.9. The second kappa shape index (κ2) is 8.64. The summed E-state index contributed by atoms with van der Waals surface area (Å²) in [5, 5.41) is 0. The fourth-order valence-electron chi connectivity index (χ4n) is 6.51. The number of nitrogens with zero attached hydrogens (tertiary/aromatic N) is 2. The van der Waals surface area contributed by atoms with Gasteiger partial charge in [0.25, 0.3) is 6.71 Å². The van der Waals surface area contributed by atoms with Gasteiger partial charge in [0.1, 0.15) is 0 Å². The van der Waals surface area contributed by atoms with Gasteiger partial charge < -0.3 is 9.80 Å². The third-order valence-electron chi connectivity index (χ3n) is 8.29. The molecule has 0 N–H and O–H groups in total. The molecule has 2 nitrogen and oxygen atoms in total. The zero-order valence-electron chi connectivity index (χ0n) is 23.4. The number of rotatable bonds is 2. The van der Waals surface area contributed by atoms with Gasteiger partial charge in [0.2, 0.25) is 0 Å². The number of benzene rings is 5. The Hall–Kier alpha value is -4.24. The number of fused-ring (bicyclic) bond motifs is 4. The van der Waals surface area contributed by atoms with Crippen LogP contribution in [0.15, 0.2) is 109 Å². The molecule has 0 radical (unpaired) electrons. The van der Waals surface area contributed by atoms with E-state index in [-0.39, 0.29) is 12.1 Å². The Morgan fingerprint density at radius 1 is 0.538 bits per heavy atom. The Bertz CT molecular complexity index is 1710. The van der Waals surface area contributed by atoms with Crippen LogP contribution in [0.5, 0.6) is 0 Å². The molecule has 0 spiro atoms. The summed E-state index contributed by atoms with van der Waals surface area (Å²) in [7, 11) is 0. The third-order valence-corrected chi connectivity index (χ3v) is 8.29. The van der Waals surface area contributed by atoms with E-state index in [4.69, 9.17) is 0 Å². The number of hydrogen-bond donors (Lipinski definition) is 0. The molecule has 0 saturated heterocycles. The average molecular weight is 504 g/mol. The lowest BCUT2D eigenvalue weighted by Crippen LogP contribution is -2.61. The second-order valence-corrected chi connectivity index (χ2v) is 12.0. The summed E-state index contributed by atoms with van der Waals surface area (Å²) in [5.74, 6) is 0. The predicted octanol–water partition coefficient (Wildman–Crippen LogP) is 7.68. The maximum Gasteiger partial charge on any atom is 0.252 e. The second-order valence-electron chi connectivity index (χ2n) is 12.0. The van der Waals surface area contributed by atoms with E-state index >= 15 is 0 Å². The topological polar surface area (TPSA) is 6.48 Å². The minimum absolute atomic E-state index is 0.0331. The van der Waals surface area contributed by atoms with Gasteiger partial charge in [-0.2, -0.15) is 0 Å². The van der Waals surface area contributed by atoms with Gasteiger partial charge in [-0.1, -0.05) is 98.6 Å². The van der Waals surface area contributed by atoms with Crippen molar-refractivity contribution in [3.8, 4) is 0 Å². The van der Waals surface area contributed by atoms with Crippen LogP contribution in [0.25, 0.3) is 0 Å².